The third kappa shape index (κ3) is 4.21. The first-order valence-corrected chi connectivity index (χ1v) is 9.44. The molecule has 5 nitrogen and oxygen atoms in total. The average Bonchev–Trinajstić information content (AvgIpc) is 2.60. The van der Waals surface area contributed by atoms with Gasteiger partial charge in [0.05, 0.1) is 6.04 Å². The molecule has 0 aromatic heterocycles. The molecule has 0 bridgehead atoms. The molecule has 2 fully saturated rings. The summed E-state index contributed by atoms with van der Waals surface area (Å²) in [6.45, 7) is 0. The van der Waals surface area contributed by atoms with Gasteiger partial charge in [0.25, 0.3) is 0 Å². The minimum Gasteiger partial charge on any atom is -0.341 e. The maximum Gasteiger partial charge on any atom is 0.239 e. The lowest BCUT2D eigenvalue weighted by Crippen LogP contribution is -2.52. The number of hydrogen-bond acceptors (Lipinski definition) is 3. The summed E-state index contributed by atoms with van der Waals surface area (Å²) in [5, 5.41) is 2.98. The van der Waals surface area contributed by atoms with Gasteiger partial charge >= 0.3 is 0 Å². The van der Waals surface area contributed by atoms with Crippen LogP contribution >= 0.6 is 0 Å². The summed E-state index contributed by atoms with van der Waals surface area (Å²) in [5.41, 5.74) is 7.10. The van der Waals surface area contributed by atoms with Crippen molar-refractivity contribution < 1.29 is 9.59 Å². The minimum absolute atomic E-state index is 0.0168. The Labute approximate surface area is 150 Å². The van der Waals surface area contributed by atoms with Crippen LogP contribution in [0.2, 0.25) is 0 Å². The van der Waals surface area contributed by atoms with Crippen LogP contribution in [0.15, 0.2) is 30.3 Å². The van der Waals surface area contributed by atoms with Crippen LogP contribution in [-0.4, -0.2) is 35.8 Å². The number of rotatable bonds is 5. The summed E-state index contributed by atoms with van der Waals surface area (Å²) in [4.78, 5) is 26.8. The van der Waals surface area contributed by atoms with Gasteiger partial charge in [-0.3, -0.25) is 9.59 Å². The number of nitrogens with zero attached hydrogens (tertiary/aromatic N) is 1. The van der Waals surface area contributed by atoms with E-state index < -0.39 is 6.04 Å². The van der Waals surface area contributed by atoms with Gasteiger partial charge in [0.15, 0.2) is 0 Å². The molecular weight excluding hydrogens is 314 g/mol. The van der Waals surface area contributed by atoms with Crippen molar-refractivity contribution in [2.45, 2.75) is 57.0 Å². The van der Waals surface area contributed by atoms with E-state index >= 15 is 0 Å². The Bertz CT molecular complexity index is 592. The molecule has 5 heteroatoms. The van der Waals surface area contributed by atoms with Crippen molar-refractivity contribution >= 4 is 17.5 Å². The summed E-state index contributed by atoms with van der Waals surface area (Å²) in [6, 6.07) is 9.50. The maximum absolute atomic E-state index is 12.6. The molecule has 0 radical (unpaired) electrons. The predicted octanol–water partition coefficient (Wildman–Crippen LogP) is 2.77. The number of anilines is 1. The molecule has 1 aromatic carbocycles. The quantitative estimate of drug-likeness (QED) is 0.863. The molecule has 2 aliphatic carbocycles. The van der Waals surface area contributed by atoms with Crippen LogP contribution in [0, 0.1) is 11.8 Å². The number of para-hydroxylation sites is 1. The topological polar surface area (TPSA) is 75.4 Å². The number of carbonyl (C=O) groups excluding carboxylic acids is 2. The fraction of sp³-hybridized carbons (Fsp3) is 0.600. The van der Waals surface area contributed by atoms with Crippen molar-refractivity contribution in [2.75, 3.05) is 12.4 Å². The zero-order valence-corrected chi connectivity index (χ0v) is 15.0. The van der Waals surface area contributed by atoms with Crippen molar-refractivity contribution in [2.24, 2.45) is 17.6 Å². The fourth-order valence-corrected chi connectivity index (χ4v) is 3.90. The zero-order chi connectivity index (χ0) is 17.8. The van der Waals surface area contributed by atoms with Gasteiger partial charge in [0, 0.05) is 24.7 Å². The lowest BCUT2D eigenvalue weighted by Gasteiger charge is -2.38. The summed E-state index contributed by atoms with van der Waals surface area (Å²) in [6.07, 6.45) is 6.70. The molecule has 25 heavy (non-hydrogen) atoms. The van der Waals surface area contributed by atoms with Crippen LogP contribution in [0.5, 0.6) is 0 Å². The maximum atomic E-state index is 12.6. The summed E-state index contributed by atoms with van der Waals surface area (Å²) in [5.74, 6) is 0.358. The highest BCUT2D eigenvalue weighted by Crippen LogP contribution is 2.32. The SMILES string of the molecule is CN(C(=O)[C@@H](N)C1CCC(C(=O)Nc2ccccc2)CC1)C1CCC1. The van der Waals surface area contributed by atoms with Crippen molar-refractivity contribution in [3.63, 3.8) is 0 Å². The van der Waals surface area contributed by atoms with Crippen molar-refractivity contribution in [3.8, 4) is 0 Å². The van der Waals surface area contributed by atoms with Crippen LogP contribution < -0.4 is 11.1 Å². The Kier molecular flexibility index (Phi) is 5.74. The van der Waals surface area contributed by atoms with Gasteiger partial charge in [-0.15, -0.1) is 0 Å². The number of benzene rings is 1. The number of carbonyl (C=O) groups is 2. The van der Waals surface area contributed by atoms with Crippen LogP contribution in [0.25, 0.3) is 0 Å². The van der Waals surface area contributed by atoms with E-state index in [1.165, 1.54) is 6.42 Å². The molecule has 3 N–H and O–H groups in total. The van der Waals surface area contributed by atoms with E-state index in [2.05, 4.69) is 5.32 Å². The molecule has 0 aliphatic heterocycles. The van der Waals surface area contributed by atoms with Crippen molar-refractivity contribution in [3.05, 3.63) is 30.3 Å². The number of amides is 2. The normalized spacial score (nSPS) is 24.9. The lowest BCUT2D eigenvalue weighted by atomic mass is 9.77. The molecule has 0 saturated heterocycles. The Morgan fingerprint density at radius 3 is 2.28 bits per heavy atom. The minimum atomic E-state index is -0.427. The number of likely N-dealkylation sites (N-methyl/N-ethyl adjacent to an activating group) is 1. The molecule has 0 unspecified atom stereocenters. The van der Waals surface area contributed by atoms with Gasteiger partial charge in [-0.2, -0.15) is 0 Å². The largest absolute Gasteiger partial charge is 0.341 e. The van der Waals surface area contributed by atoms with E-state index in [0.717, 1.165) is 44.2 Å². The summed E-state index contributed by atoms with van der Waals surface area (Å²) >= 11 is 0. The third-order valence-corrected chi connectivity index (χ3v) is 5.95. The first-order valence-electron chi connectivity index (χ1n) is 9.44. The average molecular weight is 343 g/mol. The molecule has 2 aliphatic rings. The van der Waals surface area contributed by atoms with Crippen molar-refractivity contribution in [1.82, 2.24) is 4.90 Å². The van der Waals surface area contributed by atoms with E-state index in [9.17, 15) is 9.59 Å². The third-order valence-electron chi connectivity index (χ3n) is 5.95. The van der Waals surface area contributed by atoms with Crippen LogP contribution in [0.4, 0.5) is 5.69 Å². The van der Waals surface area contributed by atoms with Crippen LogP contribution in [-0.2, 0) is 9.59 Å². The molecule has 3 rings (SSSR count). The second-order valence-electron chi connectivity index (χ2n) is 7.53. The van der Waals surface area contributed by atoms with Gasteiger partial charge in [-0.05, 0) is 63.0 Å². The highest BCUT2D eigenvalue weighted by molar-refractivity contribution is 5.92. The molecule has 2 amide bonds. The number of nitrogens with two attached hydrogens (primary N) is 1. The fourth-order valence-electron chi connectivity index (χ4n) is 3.90. The molecular formula is C20H29N3O2. The Morgan fingerprint density at radius 2 is 1.72 bits per heavy atom. The van der Waals surface area contributed by atoms with E-state index in [0.29, 0.717) is 6.04 Å². The number of hydrogen-bond donors (Lipinski definition) is 2. The van der Waals surface area contributed by atoms with E-state index in [4.69, 9.17) is 5.73 Å². The Hall–Kier alpha value is -1.88. The Balaban J connectivity index is 1.47. The number of nitrogens with one attached hydrogen (secondary N) is 1. The van der Waals surface area contributed by atoms with Crippen LogP contribution in [0.1, 0.15) is 44.9 Å². The molecule has 2 saturated carbocycles. The first-order chi connectivity index (χ1) is 12.1. The summed E-state index contributed by atoms with van der Waals surface area (Å²) in [7, 11) is 1.88. The molecule has 136 valence electrons. The Morgan fingerprint density at radius 1 is 1.08 bits per heavy atom. The van der Waals surface area contributed by atoms with Gasteiger partial charge in [-0.1, -0.05) is 18.2 Å². The lowest BCUT2D eigenvalue weighted by molar-refractivity contribution is -0.136. The molecule has 1 atom stereocenters. The first kappa shape index (κ1) is 17.9. The van der Waals surface area contributed by atoms with Crippen molar-refractivity contribution in [1.29, 1.82) is 0 Å². The van der Waals surface area contributed by atoms with E-state index in [-0.39, 0.29) is 23.7 Å². The van der Waals surface area contributed by atoms with Gasteiger partial charge < -0.3 is 16.0 Å². The molecule has 1 aromatic rings. The van der Waals surface area contributed by atoms with E-state index in [1.807, 2.05) is 42.3 Å². The van der Waals surface area contributed by atoms with Gasteiger partial charge in [0.2, 0.25) is 11.8 Å². The smallest absolute Gasteiger partial charge is 0.239 e. The predicted molar refractivity (Wildman–Crippen MR) is 98.9 cm³/mol. The monoisotopic (exact) mass is 343 g/mol. The molecule has 0 spiro atoms. The standard InChI is InChI=1S/C20H29N3O2/c1-23(17-8-5-9-17)20(25)18(21)14-10-12-15(13-11-14)19(24)22-16-6-3-2-4-7-16/h2-4,6-7,14-15,17-18H,5,8-13,21H2,1H3,(H,22,24)/t14?,15?,18-/m0/s1. The zero-order valence-electron chi connectivity index (χ0n) is 15.0. The second-order valence-corrected chi connectivity index (χ2v) is 7.53. The van der Waals surface area contributed by atoms with Crippen LogP contribution in [0.3, 0.4) is 0 Å². The molecule has 0 heterocycles. The highest BCUT2D eigenvalue weighted by Gasteiger charge is 2.35. The second kappa shape index (κ2) is 8.00. The highest BCUT2D eigenvalue weighted by atomic mass is 16.2. The van der Waals surface area contributed by atoms with E-state index in [1.54, 1.807) is 0 Å². The van der Waals surface area contributed by atoms with Gasteiger partial charge in [-0.25, -0.2) is 0 Å². The summed E-state index contributed by atoms with van der Waals surface area (Å²) < 4.78 is 0. The van der Waals surface area contributed by atoms with Gasteiger partial charge in [0.1, 0.15) is 0 Å².